The fourth-order valence-corrected chi connectivity index (χ4v) is 2.93. The van der Waals surface area contributed by atoms with Gasteiger partial charge in [-0.25, -0.2) is 14.4 Å². The van der Waals surface area contributed by atoms with Gasteiger partial charge >= 0.3 is 0 Å². The maximum atomic E-state index is 12.9. The minimum Gasteiger partial charge on any atom is -0.352 e. The van der Waals surface area contributed by atoms with Gasteiger partial charge in [0.25, 0.3) is 5.91 Å². The van der Waals surface area contributed by atoms with Crippen LogP contribution in [-0.2, 0) is 0 Å². The van der Waals surface area contributed by atoms with E-state index in [0.29, 0.717) is 11.5 Å². The van der Waals surface area contributed by atoms with E-state index in [9.17, 15) is 9.18 Å². The Morgan fingerprint density at radius 2 is 1.57 bits per heavy atom. The van der Waals surface area contributed by atoms with Crippen LogP contribution in [0.5, 0.6) is 0 Å². The molecular formula is C19H18FN7O. The molecule has 0 saturated carbocycles. The Balaban J connectivity index is 1.36. The van der Waals surface area contributed by atoms with Gasteiger partial charge in [-0.2, -0.15) is 0 Å². The lowest BCUT2D eigenvalue weighted by molar-refractivity contribution is 0.102. The lowest BCUT2D eigenvalue weighted by Crippen LogP contribution is -2.47. The van der Waals surface area contributed by atoms with Crippen molar-refractivity contribution in [2.45, 2.75) is 0 Å². The van der Waals surface area contributed by atoms with Crippen LogP contribution in [0.3, 0.4) is 0 Å². The molecule has 0 unspecified atom stereocenters. The summed E-state index contributed by atoms with van der Waals surface area (Å²) in [6, 6.07) is 10.8. The van der Waals surface area contributed by atoms with E-state index in [4.69, 9.17) is 0 Å². The van der Waals surface area contributed by atoms with Gasteiger partial charge in [0, 0.05) is 44.3 Å². The van der Waals surface area contributed by atoms with Crippen molar-refractivity contribution in [3.8, 4) is 0 Å². The Kier molecular flexibility index (Phi) is 5.05. The van der Waals surface area contributed by atoms with Gasteiger partial charge in [0.15, 0.2) is 11.5 Å². The molecule has 1 fully saturated rings. The molecule has 142 valence electrons. The molecule has 1 aliphatic rings. The SMILES string of the molecule is O=C(Nc1ccc(F)cc1)c1ccc(N2CCN(c3ncccn3)CC2)nn1. The first kappa shape index (κ1) is 17.8. The molecule has 1 amide bonds. The van der Waals surface area contributed by atoms with Crippen LogP contribution in [0, 0.1) is 5.82 Å². The first-order valence-electron chi connectivity index (χ1n) is 8.86. The van der Waals surface area contributed by atoms with Crippen molar-refractivity contribution in [3.05, 3.63) is 66.4 Å². The van der Waals surface area contributed by atoms with Crippen molar-refractivity contribution >= 4 is 23.4 Å². The zero-order chi connectivity index (χ0) is 19.3. The second-order valence-electron chi connectivity index (χ2n) is 6.26. The van der Waals surface area contributed by atoms with Crippen LogP contribution in [0.25, 0.3) is 0 Å². The Hall–Kier alpha value is -3.62. The predicted molar refractivity (Wildman–Crippen MR) is 103 cm³/mol. The van der Waals surface area contributed by atoms with E-state index in [1.807, 2.05) is 0 Å². The number of nitrogens with zero attached hydrogens (tertiary/aromatic N) is 6. The first-order valence-corrected chi connectivity index (χ1v) is 8.86. The third-order valence-corrected chi connectivity index (χ3v) is 4.42. The number of carbonyl (C=O) groups excluding carboxylic acids is 1. The zero-order valence-corrected chi connectivity index (χ0v) is 15.0. The molecule has 0 spiro atoms. The molecule has 1 aliphatic heterocycles. The number of benzene rings is 1. The van der Waals surface area contributed by atoms with Gasteiger partial charge in [-0.1, -0.05) is 0 Å². The summed E-state index contributed by atoms with van der Waals surface area (Å²) in [6.45, 7) is 3.07. The Labute approximate surface area is 161 Å². The number of amides is 1. The summed E-state index contributed by atoms with van der Waals surface area (Å²) in [5, 5.41) is 10.9. The van der Waals surface area contributed by atoms with Gasteiger partial charge in [-0.15, -0.1) is 10.2 Å². The first-order chi connectivity index (χ1) is 13.7. The minimum atomic E-state index is -0.392. The molecule has 1 aromatic carbocycles. The van der Waals surface area contributed by atoms with Gasteiger partial charge in [-0.05, 0) is 42.5 Å². The number of anilines is 3. The van der Waals surface area contributed by atoms with Gasteiger partial charge in [-0.3, -0.25) is 4.79 Å². The van der Waals surface area contributed by atoms with Gasteiger partial charge in [0.2, 0.25) is 5.95 Å². The molecule has 8 nitrogen and oxygen atoms in total. The van der Waals surface area contributed by atoms with E-state index >= 15 is 0 Å². The number of hydrogen-bond donors (Lipinski definition) is 1. The Morgan fingerprint density at radius 3 is 2.21 bits per heavy atom. The highest BCUT2D eigenvalue weighted by Crippen LogP contribution is 2.16. The van der Waals surface area contributed by atoms with E-state index in [1.54, 1.807) is 30.6 Å². The lowest BCUT2D eigenvalue weighted by Gasteiger charge is -2.35. The normalized spacial score (nSPS) is 14.0. The third kappa shape index (κ3) is 4.03. The monoisotopic (exact) mass is 379 g/mol. The zero-order valence-electron chi connectivity index (χ0n) is 15.0. The molecule has 0 atom stereocenters. The van der Waals surface area contributed by atoms with E-state index in [1.165, 1.54) is 24.3 Å². The van der Waals surface area contributed by atoms with Gasteiger partial charge < -0.3 is 15.1 Å². The molecule has 9 heteroatoms. The van der Waals surface area contributed by atoms with Crippen LogP contribution in [0.2, 0.25) is 0 Å². The van der Waals surface area contributed by atoms with Crippen LogP contribution < -0.4 is 15.1 Å². The van der Waals surface area contributed by atoms with Crippen LogP contribution in [-0.4, -0.2) is 52.3 Å². The summed E-state index contributed by atoms with van der Waals surface area (Å²) in [5.74, 6) is 0.686. The quantitative estimate of drug-likeness (QED) is 0.742. The number of hydrogen-bond acceptors (Lipinski definition) is 7. The van der Waals surface area contributed by atoms with Crippen LogP contribution in [0.4, 0.5) is 21.8 Å². The molecule has 1 saturated heterocycles. The largest absolute Gasteiger partial charge is 0.352 e. The van der Waals surface area contributed by atoms with Crippen molar-refractivity contribution in [2.24, 2.45) is 0 Å². The summed E-state index contributed by atoms with van der Waals surface area (Å²) in [4.78, 5) is 25.0. The number of halogens is 1. The summed E-state index contributed by atoms with van der Waals surface area (Å²) >= 11 is 0. The maximum Gasteiger partial charge on any atom is 0.276 e. The highest BCUT2D eigenvalue weighted by atomic mass is 19.1. The summed E-state index contributed by atoms with van der Waals surface area (Å²) in [5.41, 5.74) is 0.695. The topological polar surface area (TPSA) is 87.1 Å². The molecule has 3 aromatic rings. The average Bonchev–Trinajstić information content (AvgIpc) is 2.76. The summed E-state index contributed by atoms with van der Waals surface area (Å²) < 4.78 is 12.9. The van der Waals surface area contributed by atoms with Crippen molar-refractivity contribution < 1.29 is 9.18 Å². The molecule has 2 aromatic heterocycles. The highest BCUT2D eigenvalue weighted by molar-refractivity contribution is 6.02. The van der Waals surface area contributed by atoms with Crippen LogP contribution >= 0.6 is 0 Å². The maximum absolute atomic E-state index is 12.9. The molecule has 0 radical (unpaired) electrons. The summed E-state index contributed by atoms with van der Waals surface area (Å²) in [7, 11) is 0. The minimum absolute atomic E-state index is 0.199. The number of carbonyl (C=O) groups is 1. The Morgan fingerprint density at radius 1 is 0.893 bits per heavy atom. The molecular weight excluding hydrogens is 361 g/mol. The molecule has 1 N–H and O–H groups in total. The van der Waals surface area contributed by atoms with Crippen LogP contribution in [0.1, 0.15) is 10.5 Å². The fourth-order valence-electron chi connectivity index (χ4n) is 2.93. The van der Waals surface area contributed by atoms with E-state index < -0.39 is 5.91 Å². The highest BCUT2D eigenvalue weighted by Gasteiger charge is 2.20. The molecule has 0 bridgehead atoms. The van der Waals surface area contributed by atoms with E-state index in [0.717, 1.165) is 32.1 Å². The summed E-state index contributed by atoms with van der Waals surface area (Å²) in [6.07, 6.45) is 3.46. The standard InChI is InChI=1S/C19H18FN7O/c20-14-2-4-15(5-3-14)23-18(28)16-6-7-17(25-24-16)26-10-12-27(13-11-26)19-21-8-1-9-22-19/h1-9H,10-13H2,(H,23,28). The fraction of sp³-hybridized carbons (Fsp3) is 0.211. The lowest BCUT2D eigenvalue weighted by atomic mass is 10.3. The van der Waals surface area contributed by atoms with Gasteiger partial charge in [0.1, 0.15) is 5.82 Å². The number of rotatable bonds is 4. The molecule has 28 heavy (non-hydrogen) atoms. The van der Waals surface area contributed by atoms with Crippen molar-refractivity contribution in [2.75, 3.05) is 41.3 Å². The second-order valence-corrected chi connectivity index (χ2v) is 6.26. The van der Waals surface area contributed by atoms with Crippen molar-refractivity contribution in [1.82, 2.24) is 20.2 Å². The predicted octanol–water partition coefficient (Wildman–Crippen LogP) is 1.98. The average molecular weight is 379 g/mol. The molecule has 0 aliphatic carbocycles. The van der Waals surface area contributed by atoms with E-state index in [-0.39, 0.29) is 11.5 Å². The molecule has 3 heterocycles. The van der Waals surface area contributed by atoms with Crippen LogP contribution in [0.15, 0.2) is 54.9 Å². The number of nitrogens with one attached hydrogen (secondary N) is 1. The second kappa shape index (κ2) is 7.95. The van der Waals surface area contributed by atoms with Crippen molar-refractivity contribution in [3.63, 3.8) is 0 Å². The van der Waals surface area contributed by atoms with Gasteiger partial charge in [0.05, 0.1) is 0 Å². The third-order valence-electron chi connectivity index (χ3n) is 4.42. The number of piperazine rings is 1. The Bertz CT molecular complexity index is 927. The van der Waals surface area contributed by atoms with Crippen molar-refractivity contribution in [1.29, 1.82) is 0 Å². The number of aromatic nitrogens is 4. The smallest absolute Gasteiger partial charge is 0.276 e. The van der Waals surface area contributed by atoms with E-state index in [2.05, 4.69) is 35.3 Å². The molecule has 4 rings (SSSR count).